The van der Waals surface area contributed by atoms with Crippen LogP contribution in [0.1, 0.15) is 30.1 Å². The number of hydrogen-bond acceptors (Lipinski definition) is 4. The summed E-state index contributed by atoms with van der Waals surface area (Å²) >= 11 is 6.15. The molecule has 1 saturated carbocycles. The van der Waals surface area contributed by atoms with E-state index < -0.39 is 0 Å². The van der Waals surface area contributed by atoms with Gasteiger partial charge >= 0.3 is 0 Å². The van der Waals surface area contributed by atoms with E-state index in [2.05, 4.69) is 10.3 Å². The van der Waals surface area contributed by atoms with Crippen molar-refractivity contribution in [1.82, 2.24) is 9.97 Å². The molecule has 0 bridgehead atoms. The molecular formula is C16H18ClN3O. The lowest BCUT2D eigenvalue weighted by atomic mass is 10.1. The van der Waals surface area contributed by atoms with Gasteiger partial charge in [-0.05, 0) is 38.0 Å². The summed E-state index contributed by atoms with van der Waals surface area (Å²) in [6.45, 7) is 2.01. The van der Waals surface area contributed by atoms with E-state index in [0.29, 0.717) is 10.9 Å². The first-order valence-electron chi connectivity index (χ1n) is 7.04. The van der Waals surface area contributed by atoms with Crippen molar-refractivity contribution in [2.45, 2.75) is 25.7 Å². The average Bonchev–Trinajstić information content (AvgIpc) is 3.32. The molecule has 0 amide bonds. The van der Waals surface area contributed by atoms with Crippen molar-refractivity contribution in [3.63, 3.8) is 0 Å². The van der Waals surface area contributed by atoms with Crippen molar-refractivity contribution < 1.29 is 4.74 Å². The quantitative estimate of drug-likeness (QED) is 0.926. The second-order valence-corrected chi connectivity index (χ2v) is 5.71. The van der Waals surface area contributed by atoms with Gasteiger partial charge in [-0.15, -0.1) is 0 Å². The smallest absolute Gasteiger partial charge is 0.134 e. The molecule has 1 aromatic carbocycles. The summed E-state index contributed by atoms with van der Waals surface area (Å²) in [6.07, 6.45) is 2.33. The number of nitrogens with one attached hydrogen (secondary N) is 1. The number of ether oxygens (including phenoxy) is 1. The van der Waals surface area contributed by atoms with Crippen molar-refractivity contribution in [3.8, 4) is 17.0 Å². The Balaban J connectivity index is 2.21. The van der Waals surface area contributed by atoms with Gasteiger partial charge in [0.25, 0.3) is 0 Å². The van der Waals surface area contributed by atoms with Crippen LogP contribution in [0, 0.1) is 6.92 Å². The first-order valence-corrected chi connectivity index (χ1v) is 7.42. The van der Waals surface area contributed by atoms with Gasteiger partial charge in [0, 0.05) is 29.1 Å². The highest BCUT2D eigenvalue weighted by molar-refractivity contribution is 6.31. The minimum atomic E-state index is 0.488. The molecular weight excluding hydrogens is 286 g/mol. The zero-order valence-corrected chi connectivity index (χ0v) is 13.2. The minimum absolute atomic E-state index is 0.488. The fraction of sp³-hybridized carbons (Fsp3) is 0.375. The SMILES string of the molecule is CNc1nc(C2CC2)nc(-c2cc(Cl)ccc2OC)c1C. The third kappa shape index (κ3) is 2.68. The second-order valence-electron chi connectivity index (χ2n) is 5.27. The molecule has 0 atom stereocenters. The lowest BCUT2D eigenvalue weighted by Crippen LogP contribution is -2.05. The maximum Gasteiger partial charge on any atom is 0.134 e. The fourth-order valence-corrected chi connectivity index (χ4v) is 2.60. The molecule has 21 heavy (non-hydrogen) atoms. The molecule has 1 N–H and O–H groups in total. The Hall–Kier alpha value is -1.81. The molecule has 110 valence electrons. The van der Waals surface area contributed by atoms with Crippen molar-refractivity contribution >= 4 is 17.4 Å². The number of hydrogen-bond donors (Lipinski definition) is 1. The van der Waals surface area contributed by atoms with Crippen LogP contribution in [0.25, 0.3) is 11.3 Å². The van der Waals surface area contributed by atoms with Crippen LogP contribution in [0.5, 0.6) is 5.75 Å². The van der Waals surface area contributed by atoms with E-state index in [4.69, 9.17) is 21.3 Å². The van der Waals surface area contributed by atoms with Crippen molar-refractivity contribution in [2.24, 2.45) is 0 Å². The highest BCUT2D eigenvalue weighted by Gasteiger charge is 2.28. The molecule has 0 unspecified atom stereocenters. The van der Waals surface area contributed by atoms with Gasteiger partial charge in [-0.25, -0.2) is 9.97 Å². The molecule has 1 heterocycles. The van der Waals surface area contributed by atoms with Gasteiger partial charge in [0.05, 0.1) is 12.8 Å². The number of rotatable bonds is 4. The summed E-state index contributed by atoms with van der Waals surface area (Å²) in [4.78, 5) is 9.39. The largest absolute Gasteiger partial charge is 0.496 e. The Morgan fingerprint density at radius 1 is 1.29 bits per heavy atom. The van der Waals surface area contributed by atoms with E-state index in [-0.39, 0.29) is 0 Å². The van der Waals surface area contributed by atoms with Crippen LogP contribution >= 0.6 is 11.6 Å². The van der Waals surface area contributed by atoms with Gasteiger partial charge in [0.1, 0.15) is 17.4 Å². The highest BCUT2D eigenvalue weighted by Crippen LogP contribution is 2.41. The normalized spacial score (nSPS) is 14.1. The Bertz CT molecular complexity index is 683. The van der Waals surface area contributed by atoms with E-state index in [1.54, 1.807) is 7.11 Å². The first-order chi connectivity index (χ1) is 10.1. The van der Waals surface area contributed by atoms with Gasteiger partial charge in [-0.2, -0.15) is 0 Å². The lowest BCUT2D eigenvalue weighted by molar-refractivity contribution is 0.416. The van der Waals surface area contributed by atoms with E-state index in [9.17, 15) is 0 Å². The van der Waals surface area contributed by atoms with Crippen LogP contribution in [-0.4, -0.2) is 24.1 Å². The number of aromatic nitrogens is 2. The first kappa shape index (κ1) is 14.1. The van der Waals surface area contributed by atoms with Crippen LogP contribution in [0.15, 0.2) is 18.2 Å². The van der Waals surface area contributed by atoms with E-state index in [1.807, 2.05) is 32.2 Å². The van der Waals surface area contributed by atoms with E-state index in [1.165, 1.54) is 12.8 Å². The van der Waals surface area contributed by atoms with E-state index >= 15 is 0 Å². The molecule has 1 aliphatic rings. The van der Waals surface area contributed by atoms with Crippen LogP contribution in [0.3, 0.4) is 0 Å². The summed E-state index contributed by atoms with van der Waals surface area (Å²) in [5.74, 6) is 3.03. The molecule has 1 fully saturated rings. The van der Waals surface area contributed by atoms with Gasteiger partial charge in [0.15, 0.2) is 0 Å². The predicted octanol–water partition coefficient (Wildman–Crippen LogP) is 4.03. The van der Waals surface area contributed by atoms with Crippen molar-refractivity contribution in [1.29, 1.82) is 0 Å². The number of methoxy groups -OCH3 is 1. The monoisotopic (exact) mass is 303 g/mol. The number of benzene rings is 1. The molecule has 5 heteroatoms. The van der Waals surface area contributed by atoms with Crippen LogP contribution in [0.2, 0.25) is 5.02 Å². The summed E-state index contributed by atoms with van der Waals surface area (Å²) in [6, 6.07) is 5.59. The summed E-state index contributed by atoms with van der Waals surface area (Å²) in [5, 5.41) is 3.82. The Kier molecular flexibility index (Phi) is 3.72. The molecule has 4 nitrogen and oxygen atoms in total. The maximum absolute atomic E-state index is 6.15. The Morgan fingerprint density at radius 3 is 2.67 bits per heavy atom. The van der Waals surface area contributed by atoms with Crippen molar-refractivity contribution in [3.05, 3.63) is 34.6 Å². The van der Waals surface area contributed by atoms with Crippen LogP contribution in [-0.2, 0) is 0 Å². The third-order valence-corrected chi connectivity index (χ3v) is 3.99. The molecule has 0 saturated heterocycles. The van der Waals surface area contributed by atoms with Gasteiger partial charge in [0.2, 0.25) is 0 Å². The summed E-state index contributed by atoms with van der Waals surface area (Å²) in [7, 11) is 3.54. The minimum Gasteiger partial charge on any atom is -0.496 e. The Morgan fingerprint density at radius 2 is 2.05 bits per heavy atom. The van der Waals surface area contributed by atoms with Gasteiger partial charge in [-0.3, -0.25) is 0 Å². The highest BCUT2D eigenvalue weighted by atomic mass is 35.5. The van der Waals surface area contributed by atoms with Crippen LogP contribution in [0.4, 0.5) is 5.82 Å². The fourth-order valence-electron chi connectivity index (χ4n) is 2.43. The second kappa shape index (κ2) is 5.53. The van der Waals surface area contributed by atoms with Gasteiger partial charge in [-0.1, -0.05) is 11.6 Å². The standard InChI is InChI=1S/C16H18ClN3O/c1-9-14(12-8-11(17)6-7-13(12)21-3)19-16(10-4-5-10)20-15(9)18-2/h6-8,10H,4-5H2,1-3H3,(H,18,19,20). The summed E-state index contributed by atoms with van der Waals surface area (Å²) < 4.78 is 5.46. The topological polar surface area (TPSA) is 47.0 Å². The average molecular weight is 304 g/mol. The molecule has 2 aromatic rings. The number of anilines is 1. The van der Waals surface area contributed by atoms with E-state index in [0.717, 1.165) is 34.2 Å². The molecule has 0 radical (unpaired) electrons. The summed E-state index contributed by atoms with van der Waals surface area (Å²) in [5.41, 5.74) is 2.79. The van der Waals surface area contributed by atoms with Crippen LogP contribution < -0.4 is 10.1 Å². The zero-order chi connectivity index (χ0) is 15.0. The predicted molar refractivity (Wildman–Crippen MR) is 85.3 cm³/mol. The van der Waals surface area contributed by atoms with Crippen molar-refractivity contribution in [2.75, 3.05) is 19.5 Å². The third-order valence-electron chi connectivity index (χ3n) is 3.76. The maximum atomic E-state index is 6.15. The number of halogens is 1. The lowest BCUT2D eigenvalue weighted by Gasteiger charge is -2.14. The number of nitrogens with zero attached hydrogens (tertiary/aromatic N) is 2. The zero-order valence-electron chi connectivity index (χ0n) is 12.4. The molecule has 1 aliphatic carbocycles. The van der Waals surface area contributed by atoms with Gasteiger partial charge < -0.3 is 10.1 Å². The molecule has 0 aliphatic heterocycles. The Labute approximate surface area is 129 Å². The molecule has 0 spiro atoms. The molecule has 1 aromatic heterocycles. The molecule has 3 rings (SSSR count).